The van der Waals surface area contributed by atoms with Gasteiger partial charge in [-0.2, -0.15) is 0 Å². The van der Waals surface area contributed by atoms with Gasteiger partial charge in [0.1, 0.15) is 0 Å². The molecule has 1 aliphatic rings. The first kappa shape index (κ1) is 14.4. The highest BCUT2D eigenvalue weighted by Crippen LogP contribution is 2.32. The average Bonchev–Trinajstić information content (AvgIpc) is 2.78. The highest BCUT2D eigenvalue weighted by atomic mass is 16.5. The van der Waals surface area contributed by atoms with Crippen molar-refractivity contribution in [1.82, 2.24) is 5.32 Å². The fraction of sp³-hybridized carbons (Fsp3) is 0.278. The third kappa shape index (κ3) is 3.22. The van der Waals surface area contributed by atoms with E-state index in [0.717, 1.165) is 29.0 Å². The van der Waals surface area contributed by atoms with Gasteiger partial charge in [0.15, 0.2) is 11.5 Å². The summed E-state index contributed by atoms with van der Waals surface area (Å²) in [5.74, 6) is 1.47. The van der Waals surface area contributed by atoms with E-state index in [1.54, 1.807) is 12.1 Å². The van der Waals surface area contributed by atoms with Crippen LogP contribution >= 0.6 is 0 Å². The number of benzene rings is 2. The molecular formula is C18H19NO3. The Balaban J connectivity index is 1.73. The lowest BCUT2D eigenvalue weighted by Crippen LogP contribution is -2.23. The lowest BCUT2D eigenvalue weighted by molar-refractivity contribution is 0.0951. The maximum absolute atomic E-state index is 12.1. The Morgan fingerprint density at radius 3 is 2.50 bits per heavy atom. The second-order valence-corrected chi connectivity index (χ2v) is 5.32. The van der Waals surface area contributed by atoms with Gasteiger partial charge < -0.3 is 14.8 Å². The zero-order chi connectivity index (χ0) is 15.4. The molecule has 22 heavy (non-hydrogen) atoms. The summed E-state index contributed by atoms with van der Waals surface area (Å²) in [6.45, 7) is 3.82. The van der Waals surface area contributed by atoms with Crippen molar-refractivity contribution < 1.29 is 14.3 Å². The molecule has 0 atom stereocenters. The number of carbonyl (C=O) groups excluding carboxylic acids is 1. The van der Waals surface area contributed by atoms with Gasteiger partial charge in [-0.25, -0.2) is 0 Å². The monoisotopic (exact) mass is 297 g/mol. The second-order valence-electron chi connectivity index (χ2n) is 5.32. The van der Waals surface area contributed by atoms with Gasteiger partial charge in [-0.15, -0.1) is 0 Å². The first-order valence-electron chi connectivity index (χ1n) is 7.46. The van der Waals surface area contributed by atoms with Crippen molar-refractivity contribution in [1.29, 1.82) is 0 Å². The normalized spacial score (nSPS) is 13.3. The van der Waals surface area contributed by atoms with Crippen LogP contribution in [0.4, 0.5) is 0 Å². The van der Waals surface area contributed by atoms with Crippen molar-refractivity contribution in [2.24, 2.45) is 0 Å². The zero-order valence-corrected chi connectivity index (χ0v) is 12.6. The van der Waals surface area contributed by atoms with E-state index in [9.17, 15) is 4.79 Å². The number of ether oxygens (including phenoxy) is 2. The van der Waals surface area contributed by atoms with Gasteiger partial charge in [-0.05, 0) is 42.3 Å². The molecule has 0 bridgehead atoms. The Kier molecular flexibility index (Phi) is 4.28. The third-order valence-electron chi connectivity index (χ3n) is 3.68. The van der Waals surface area contributed by atoms with Crippen LogP contribution in [0, 0.1) is 6.92 Å². The van der Waals surface area contributed by atoms with Crippen LogP contribution in [0.25, 0.3) is 0 Å². The van der Waals surface area contributed by atoms with E-state index in [1.807, 2.05) is 37.3 Å². The number of nitrogens with one attached hydrogen (secondary N) is 1. The summed E-state index contributed by atoms with van der Waals surface area (Å²) >= 11 is 0. The van der Waals surface area contributed by atoms with E-state index in [4.69, 9.17) is 9.47 Å². The van der Waals surface area contributed by atoms with Crippen molar-refractivity contribution in [3.05, 3.63) is 59.2 Å². The maximum atomic E-state index is 12.1. The minimum Gasteiger partial charge on any atom is -0.490 e. The molecule has 0 spiro atoms. The summed E-state index contributed by atoms with van der Waals surface area (Å²) < 4.78 is 11.4. The molecule has 0 saturated heterocycles. The number of amides is 1. The van der Waals surface area contributed by atoms with Crippen molar-refractivity contribution in [3.63, 3.8) is 0 Å². The molecule has 114 valence electrons. The highest BCUT2D eigenvalue weighted by Gasteiger charge is 2.14. The predicted octanol–water partition coefficient (Wildman–Crippen LogP) is 3.09. The Bertz CT molecular complexity index is 668. The lowest BCUT2D eigenvalue weighted by Gasteiger charge is -2.13. The summed E-state index contributed by atoms with van der Waals surface area (Å²) in [4.78, 5) is 12.1. The summed E-state index contributed by atoms with van der Waals surface area (Å²) in [5, 5.41) is 2.94. The maximum Gasteiger partial charge on any atom is 0.251 e. The smallest absolute Gasteiger partial charge is 0.251 e. The molecule has 1 aliphatic heterocycles. The van der Waals surface area contributed by atoms with Crippen LogP contribution in [0.3, 0.4) is 0 Å². The van der Waals surface area contributed by atoms with Crippen LogP contribution in [0.2, 0.25) is 0 Å². The van der Waals surface area contributed by atoms with Gasteiger partial charge in [0.05, 0.1) is 13.2 Å². The van der Waals surface area contributed by atoms with E-state index in [1.165, 1.54) is 0 Å². The van der Waals surface area contributed by atoms with Gasteiger partial charge in [-0.1, -0.05) is 18.2 Å². The van der Waals surface area contributed by atoms with Crippen molar-refractivity contribution in [2.45, 2.75) is 19.9 Å². The largest absolute Gasteiger partial charge is 0.490 e. The number of carbonyl (C=O) groups is 1. The summed E-state index contributed by atoms with van der Waals surface area (Å²) in [5.41, 5.74) is 2.78. The van der Waals surface area contributed by atoms with E-state index >= 15 is 0 Å². The molecule has 0 aliphatic carbocycles. The molecule has 3 rings (SSSR count). The summed E-state index contributed by atoms with van der Waals surface area (Å²) in [7, 11) is 0. The first-order valence-corrected chi connectivity index (χ1v) is 7.46. The van der Waals surface area contributed by atoms with Crippen LogP contribution in [0.1, 0.15) is 27.9 Å². The molecule has 2 aromatic rings. The van der Waals surface area contributed by atoms with Gasteiger partial charge in [-0.3, -0.25) is 4.79 Å². The first-order chi connectivity index (χ1) is 10.7. The summed E-state index contributed by atoms with van der Waals surface area (Å²) in [6.07, 6.45) is 0.883. The van der Waals surface area contributed by atoms with E-state index in [2.05, 4.69) is 5.32 Å². The Morgan fingerprint density at radius 1 is 1.09 bits per heavy atom. The van der Waals surface area contributed by atoms with Crippen molar-refractivity contribution in [3.8, 4) is 11.5 Å². The minimum absolute atomic E-state index is 0.0767. The standard InChI is InChI=1S/C18H19NO3/c1-13-10-16-17(22-9-5-8-21-16)11-15(13)12-19-18(20)14-6-3-2-4-7-14/h2-4,6-7,10-11H,5,8-9,12H2,1H3,(H,19,20). The molecule has 2 aromatic carbocycles. The molecule has 4 heteroatoms. The molecule has 0 radical (unpaired) electrons. The molecule has 0 fully saturated rings. The highest BCUT2D eigenvalue weighted by molar-refractivity contribution is 5.94. The van der Waals surface area contributed by atoms with Crippen LogP contribution in [-0.4, -0.2) is 19.1 Å². The third-order valence-corrected chi connectivity index (χ3v) is 3.68. The Hall–Kier alpha value is -2.49. The van der Waals surface area contributed by atoms with Crippen LogP contribution in [-0.2, 0) is 6.54 Å². The fourth-order valence-electron chi connectivity index (χ4n) is 2.41. The molecule has 0 saturated carbocycles. The van der Waals surface area contributed by atoms with Crippen LogP contribution in [0.5, 0.6) is 11.5 Å². The Labute approximate surface area is 130 Å². The van der Waals surface area contributed by atoms with Crippen LogP contribution < -0.4 is 14.8 Å². The van der Waals surface area contributed by atoms with E-state index in [-0.39, 0.29) is 5.91 Å². The number of hydrogen-bond acceptors (Lipinski definition) is 3. The number of hydrogen-bond donors (Lipinski definition) is 1. The number of aryl methyl sites for hydroxylation is 1. The minimum atomic E-state index is -0.0767. The molecule has 0 unspecified atom stereocenters. The van der Waals surface area contributed by atoms with Crippen LogP contribution in [0.15, 0.2) is 42.5 Å². The van der Waals surface area contributed by atoms with E-state index in [0.29, 0.717) is 25.3 Å². The molecule has 1 N–H and O–H groups in total. The second kappa shape index (κ2) is 6.52. The molecule has 1 amide bonds. The average molecular weight is 297 g/mol. The SMILES string of the molecule is Cc1cc2c(cc1CNC(=O)c1ccccc1)OCCCO2. The van der Waals surface area contributed by atoms with E-state index < -0.39 is 0 Å². The molecule has 1 heterocycles. The molecule has 4 nitrogen and oxygen atoms in total. The number of rotatable bonds is 3. The number of fused-ring (bicyclic) bond motifs is 1. The Morgan fingerprint density at radius 2 is 1.77 bits per heavy atom. The quantitative estimate of drug-likeness (QED) is 0.947. The molecule has 0 aromatic heterocycles. The van der Waals surface area contributed by atoms with Crippen molar-refractivity contribution >= 4 is 5.91 Å². The van der Waals surface area contributed by atoms with Gasteiger partial charge >= 0.3 is 0 Å². The van der Waals surface area contributed by atoms with Gasteiger partial charge in [0, 0.05) is 18.5 Å². The van der Waals surface area contributed by atoms with Gasteiger partial charge in [0.2, 0.25) is 0 Å². The topological polar surface area (TPSA) is 47.6 Å². The lowest BCUT2D eigenvalue weighted by atomic mass is 10.1. The summed E-state index contributed by atoms with van der Waals surface area (Å²) in [6, 6.07) is 13.1. The fourth-order valence-corrected chi connectivity index (χ4v) is 2.41. The van der Waals surface area contributed by atoms with Crippen molar-refractivity contribution in [2.75, 3.05) is 13.2 Å². The zero-order valence-electron chi connectivity index (χ0n) is 12.6. The van der Waals surface area contributed by atoms with Gasteiger partial charge in [0.25, 0.3) is 5.91 Å². The predicted molar refractivity (Wildman–Crippen MR) is 84.4 cm³/mol. The molecular weight excluding hydrogens is 278 g/mol.